The second-order valence-electron chi connectivity index (χ2n) is 5.48. The third-order valence-electron chi connectivity index (χ3n) is 3.90. The van der Waals surface area contributed by atoms with Gasteiger partial charge < -0.3 is 16.0 Å². The highest BCUT2D eigenvalue weighted by molar-refractivity contribution is 5.99. The van der Waals surface area contributed by atoms with Crippen LogP contribution in [0.4, 0.5) is 5.69 Å². The van der Waals surface area contributed by atoms with Crippen molar-refractivity contribution in [2.75, 3.05) is 25.4 Å². The van der Waals surface area contributed by atoms with E-state index in [0.29, 0.717) is 24.2 Å². The fourth-order valence-electron chi connectivity index (χ4n) is 2.56. The van der Waals surface area contributed by atoms with E-state index >= 15 is 0 Å². The van der Waals surface area contributed by atoms with Gasteiger partial charge in [-0.25, -0.2) is 0 Å². The minimum atomic E-state index is -0.220. The first-order valence-corrected chi connectivity index (χ1v) is 7.50. The maximum absolute atomic E-state index is 12.1. The minimum absolute atomic E-state index is 0.118. The van der Waals surface area contributed by atoms with Gasteiger partial charge in [-0.2, -0.15) is 0 Å². The van der Waals surface area contributed by atoms with Crippen molar-refractivity contribution in [1.82, 2.24) is 10.2 Å². The number of piperidine rings is 1. The van der Waals surface area contributed by atoms with Gasteiger partial charge in [0.25, 0.3) is 5.91 Å². The van der Waals surface area contributed by atoms with E-state index in [1.165, 1.54) is 6.42 Å². The van der Waals surface area contributed by atoms with E-state index in [9.17, 15) is 9.59 Å². The zero-order chi connectivity index (χ0) is 15.2. The standard InChI is InChI=1S/C16H23N3O2/c1-12-6-5-7-13(15(12)17)16(21)18-9-8-14(20)19-10-3-2-4-11-19/h5-7H,2-4,8-11,17H2,1H3,(H,18,21). The lowest BCUT2D eigenvalue weighted by Crippen LogP contribution is -2.37. The molecule has 0 unspecified atom stereocenters. The SMILES string of the molecule is Cc1cccc(C(=O)NCCC(=O)N2CCCCC2)c1N. The maximum Gasteiger partial charge on any atom is 0.253 e. The Bertz CT molecular complexity index is 522. The third-order valence-corrected chi connectivity index (χ3v) is 3.90. The first kappa shape index (κ1) is 15.4. The van der Waals surface area contributed by atoms with Gasteiger partial charge in [-0.3, -0.25) is 9.59 Å². The van der Waals surface area contributed by atoms with Crippen LogP contribution in [0.1, 0.15) is 41.6 Å². The molecule has 5 heteroatoms. The van der Waals surface area contributed by atoms with E-state index < -0.39 is 0 Å². The van der Waals surface area contributed by atoms with Crippen molar-refractivity contribution in [3.05, 3.63) is 29.3 Å². The van der Waals surface area contributed by atoms with E-state index in [1.807, 2.05) is 17.9 Å². The van der Waals surface area contributed by atoms with Gasteiger partial charge in [0.2, 0.25) is 5.91 Å². The zero-order valence-corrected chi connectivity index (χ0v) is 12.5. The summed E-state index contributed by atoms with van der Waals surface area (Å²) in [5.41, 5.74) is 7.75. The summed E-state index contributed by atoms with van der Waals surface area (Å²) >= 11 is 0. The van der Waals surface area contributed by atoms with Crippen molar-refractivity contribution in [2.24, 2.45) is 0 Å². The van der Waals surface area contributed by atoms with Gasteiger partial charge in [0.1, 0.15) is 0 Å². The highest BCUT2D eigenvalue weighted by Gasteiger charge is 2.16. The fraction of sp³-hybridized carbons (Fsp3) is 0.500. The van der Waals surface area contributed by atoms with Crippen molar-refractivity contribution in [1.29, 1.82) is 0 Å². The van der Waals surface area contributed by atoms with E-state index in [2.05, 4.69) is 5.32 Å². The van der Waals surface area contributed by atoms with E-state index in [1.54, 1.807) is 12.1 Å². The largest absolute Gasteiger partial charge is 0.398 e. The van der Waals surface area contributed by atoms with Gasteiger partial charge in [-0.05, 0) is 37.8 Å². The molecule has 0 bridgehead atoms. The van der Waals surface area contributed by atoms with Crippen LogP contribution in [0.2, 0.25) is 0 Å². The van der Waals surface area contributed by atoms with Crippen LogP contribution in [-0.4, -0.2) is 36.3 Å². The number of para-hydroxylation sites is 1. The first-order chi connectivity index (χ1) is 10.1. The number of carbonyl (C=O) groups excluding carboxylic acids is 2. The lowest BCUT2D eigenvalue weighted by molar-refractivity contribution is -0.131. The maximum atomic E-state index is 12.1. The molecular formula is C16H23N3O2. The summed E-state index contributed by atoms with van der Waals surface area (Å²) < 4.78 is 0. The Balaban J connectivity index is 1.81. The predicted octanol–water partition coefficient (Wildman–Crippen LogP) is 1.71. The van der Waals surface area contributed by atoms with Gasteiger partial charge in [-0.15, -0.1) is 0 Å². The number of nitrogen functional groups attached to an aromatic ring is 1. The number of aryl methyl sites for hydroxylation is 1. The number of anilines is 1. The van der Waals surface area contributed by atoms with Gasteiger partial charge >= 0.3 is 0 Å². The smallest absolute Gasteiger partial charge is 0.253 e. The van der Waals surface area contributed by atoms with Crippen LogP contribution in [0.25, 0.3) is 0 Å². The van der Waals surface area contributed by atoms with Crippen molar-refractivity contribution in [3.63, 3.8) is 0 Å². The summed E-state index contributed by atoms with van der Waals surface area (Å²) in [4.78, 5) is 25.9. The Labute approximate surface area is 125 Å². The molecular weight excluding hydrogens is 266 g/mol. The average Bonchev–Trinajstić information content (AvgIpc) is 2.50. The molecule has 0 spiro atoms. The molecule has 1 saturated heterocycles. The Kier molecular flexibility index (Phi) is 5.20. The van der Waals surface area contributed by atoms with Crippen LogP contribution in [0.3, 0.4) is 0 Å². The van der Waals surface area contributed by atoms with Crippen LogP contribution in [0.5, 0.6) is 0 Å². The number of likely N-dealkylation sites (tertiary alicyclic amines) is 1. The molecule has 0 saturated carbocycles. The molecule has 1 aliphatic rings. The molecule has 1 heterocycles. The molecule has 1 aromatic carbocycles. The first-order valence-electron chi connectivity index (χ1n) is 7.50. The predicted molar refractivity (Wildman–Crippen MR) is 83.0 cm³/mol. The number of amides is 2. The Hall–Kier alpha value is -2.04. The summed E-state index contributed by atoms with van der Waals surface area (Å²) in [7, 11) is 0. The summed E-state index contributed by atoms with van der Waals surface area (Å²) in [6.45, 7) is 3.91. The van der Waals surface area contributed by atoms with E-state index in [-0.39, 0.29) is 11.8 Å². The molecule has 2 amide bonds. The quantitative estimate of drug-likeness (QED) is 0.829. The zero-order valence-electron chi connectivity index (χ0n) is 12.5. The van der Waals surface area contributed by atoms with Crippen LogP contribution >= 0.6 is 0 Å². The van der Waals surface area contributed by atoms with E-state index in [4.69, 9.17) is 5.73 Å². The molecule has 3 N–H and O–H groups in total. The number of benzene rings is 1. The number of nitrogens with zero attached hydrogens (tertiary/aromatic N) is 1. The minimum Gasteiger partial charge on any atom is -0.398 e. The lowest BCUT2D eigenvalue weighted by atomic mass is 10.1. The highest BCUT2D eigenvalue weighted by Crippen LogP contribution is 2.16. The molecule has 5 nitrogen and oxygen atoms in total. The van der Waals surface area contributed by atoms with Crippen LogP contribution in [0.15, 0.2) is 18.2 Å². The molecule has 0 aliphatic carbocycles. The number of hydrogen-bond acceptors (Lipinski definition) is 3. The molecule has 114 valence electrons. The summed E-state index contributed by atoms with van der Waals surface area (Å²) in [5.74, 6) is -0.102. The summed E-state index contributed by atoms with van der Waals surface area (Å²) in [6.07, 6.45) is 3.71. The second-order valence-corrected chi connectivity index (χ2v) is 5.48. The molecule has 0 atom stereocenters. The van der Waals surface area contributed by atoms with Crippen molar-refractivity contribution in [2.45, 2.75) is 32.6 Å². The monoisotopic (exact) mass is 289 g/mol. The Morgan fingerprint density at radius 1 is 1.24 bits per heavy atom. The molecule has 1 fully saturated rings. The normalized spacial score (nSPS) is 14.8. The van der Waals surface area contributed by atoms with Gasteiger partial charge in [-0.1, -0.05) is 12.1 Å². The number of nitrogens with one attached hydrogen (secondary N) is 1. The van der Waals surface area contributed by atoms with Crippen molar-refractivity contribution in [3.8, 4) is 0 Å². The number of carbonyl (C=O) groups is 2. The van der Waals surface area contributed by atoms with Gasteiger partial charge in [0.05, 0.1) is 5.56 Å². The fourth-order valence-corrected chi connectivity index (χ4v) is 2.56. The van der Waals surface area contributed by atoms with Crippen LogP contribution in [-0.2, 0) is 4.79 Å². The number of rotatable bonds is 4. The Morgan fingerprint density at radius 2 is 1.95 bits per heavy atom. The van der Waals surface area contributed by atoms with Crippen molar-refractivity contribution < 1.29 is 9.59 Å². The summed E-state index contributed by atoms with van der Waals surface area (Å²) in [6, 6.07) is 5.37. The molecule has 1 aromatic rings. The van der Waals surface area contributed by atoms with Gasteiger partial charge in [0.15, 0.2) is 0 Å². The molecule has 21 heavy (non-hydrogen) atoms. The molecule has 0 radical (unpaired) electrons. The number of hydrogen-bond donors (Lipinski definition) is 2. The third kappa shape index (κ3) is 3.97. The van der Waals surface area contributed by atoms with Crippen LogP contribution < -0.4 is 11.1 Å². The van der Waals surface area contributed by atoms with Crippen LogP contribution in [0, 0.1) is 6.92 Å². The molecule has 0 aromatic heterocycles. The van der Waals surface area contributed by atoms with Crippen molar-refractivity contribution >= 4 is 17.5 Å². The second kappa shape index (κ2) is 7.11. The summed E-state index contributed by atoms with van der Waals surface area (Å²) in [5, 5.41) is 2.77. The van der Waals surface area contributed by atoms with Gasteiger partial charge in [0, 0.05) is 31.7 Å². The average molecular weight is 289 g/mol. The Morgan fingerprint density at radius 3 is 2.67 bits per heavy atom. The van der Waals surface area contributed by atoms with E-state index in [0.717, 1.165) is 31.5 Å². The lowest BCUT2D eigenvalue weighted by Gasteiger charge is -2.26. The molecule has 2 rings (SSSR count). The topological polar surface area (TPSA) is 75.4 Å². The number of nitrogens with two attached hydrogens (primary N) is 1. The highest BCUT2D eigenvalue weighted by atomic mass is 16.2. The molecule has 1 aliphatic heterocycles.